The molecular weight excluding hydrogens is 330 g/mol. The van der Waals surface area contributed by atoms with Crippen molar-refractivity contribution in [3.8, 4) is 0 Å². The van der Waals surface area contributed by atoms with Crippen LogP contribution in [0.5, 0.6) is 0 Å². The predicted molar refractivity (Wildman–Crippen MR) is 92.5 cm³/mol. The zero-order valence-electron chi connectivity index (χ0n) is 12.3. The second kappa shape index (κ2) is 7.39. The van der Waals surface area contributed by atoms with E-state index < -0.39 is 0 Å². The van der Waals surface area contributed by atoms with Crippen molar-refractivity contribution in [3.63, 3.8) is 0 Å². The van der Waals surface area contributed by atoms with Crippen molar-refractivity contribution < 1.29 is 0 Å². The first-order valence-electron chi connectivity index (χ1n) is 7.15. The SMILES string of the molecule is CCC(NC(C)Cc1ccc(C)s1)c1cccc(Br)c1. The van der Waals surface area contributed by atoms with Crippen molar-refractivity contribution in [2.24, 2.45) is 0 Å². The first-order chi connectivity index (χ1) is 9.58. The molecule has 3 heteroatoms. The summed E-state index contributed by atoms with van der Waals surface area (Å²) in [5.74, 6) is 0. The molecule has 0 aliphatic carbocycles. The van der Waals surface area contributed by atoms with Crippen LogP contribution >= 0.6 is 27.3 Å². The van der Waals surface area contributed by atoms with Crippen LogP contribution in [-0.2, 0) is 6.42 Å². The number of thiophene rings is 1. The van der Waals surface area contributed by atoms with Gasteiger partial charge in [-0.25, -0.2) is 0 Å². The van der Waals surface area contributed by atoms with Gasteiger partial charge in [0.25, 0.3) is 0 Å². The normalized spacial score (nSPS) is 14.2. The van der Waals surface area contributed by atoms with E-state index in [2.05, 4.69) is 78.4 Å². The number of halogens is 1. The molecule has 0 radical (unpaired) electrons. The Morgan fingerprint density at radius 2 is 2.05 bits per heavy atom. The molecule has 20 heavy (non-hydrogen) atoms. The van der Waals surface area contributed by atoms with Crippen LogP contribution in [0.2, 0.25) is 0 Å². The molecule has 2 atom stereocenters. The maximum absolute atomic E-state index is 3.75. The Hall–Kier alpha value is -0.640. The van der Waals surface area contributed by atoms with Crippen LogP contribution in [0, 0.1) is 6.92 Å². The average Bonchev–Trinajstić information content (AvgIpc) is 2.81. The first-order valence-corrected chi connectivity index (χ1v) is 8.76. The molecule has 1 N–H and O–H groups in total. The van der Waals surface area contributed by atoms with E-state index in [1.54, 1.807) is 0 Å². The molecular formula is C17H22BrNS. The Kier molecular flexibility index (Phi) is 5.82. The van der Waals surface area contributed by atoms with E-state index in [1.807, 2.05) is 11.3 Å². The minimum atomic E-state index is 0.420. The van der Waals surface area contributed by atoms with E-state index >= 15 is 0 Å². The minimum Gasteiger partial charge on any atom is -0.307 e. The highest BCUT2D eigenvalue weighted by Gasteiger charge is 2.13. The summed E-state index contributed by atoms with van der Waals surface area (Å²) in [6.07, 6.45) is 2.20. The van der Waals surface area contributed by atoms with Crippen LogP contribution in [0.25, 0.3) is 0 Å². The minimum absolute atomic E-state index is 0.420. The first kappa shape index (κ1) is 15.7. The van der Waals surface area contributed by atoms with Crippen molar-refractivity contribution in [1.82, 2.24) is 5.32 Å². The summed E-state index contributed by atoms with van der Waals surface area (Å²) in [6, 6.07) is 14.0. The number of rotatable bonds is 6. The molecule has 0 aliphatic heterocycles. The molecule has 0 aliphatic rings. The Labute approximate surface area is 134 Å². The Balaban J connectivity index is 1.99. The monoisotopic (exact) mass is 351 g/mol. The lowest BCUT2D eigenvalue weighted by molar-refractivity contribution is 0.445. The van der Waals surface area contributed by atoms with Gasteiger partial charge in [0.1, 0.15) is 0 Å². The molecule has 2 aromatic rings. The summed E-state index contributed by atoms with van der Waals surface area (Å²) < 4.78 is 1.15. The summed E-state index contributed by atoms with van der Waals surface area (Å²) in [6.45, 7) is 6.68. The van der Waals surface area contributed by atoms with E-state index in [1.165, 1.54) is 15.3 Å². The van der Waals surface area contributed by atoms with Crippen LogP contribution in [0.3, 0.4) is 0 Å². The van der Waals surface area contributed by atoms with Crippen molar-refractivity contribution in [2.45, 2.75) is 45.7 Å². The topological polar surface area (TPSA) is 12.0 Å². The van der Waals surface area contributed by atoms with Crippen LogP contribution in [0.4, 0.5) is 0 Å². The van der Waals surface area contributed by atoms with E-state index in [4.69, 9.17) is 0 Å². The lowest BCUT2D eigenvalue weighted by atomic mass is 10.0. The molecule has 0 spiro atoms. The fourth-order valence-corrected chi connectivity index (χ4v) is 3.91. The van der Waals surface area contributed by atoms with Gasteiger partial charge >= 0.3 is 0 Å². The second-order valence-electron chi connectivity index (χ2n) is 5.30. The summed E-state index contributed by atoms with van der Waals surface area (Å²) in [5.41, 5.74) is 1.36. The summed E-state index contributed by atoms with van der Waals surface area (Å²) in [4.78, 5) is 2.86. The molecule has 1 heterocycles. The van der Waals surface area contributed by atoms with Crippen molar-refractivity contribution in [1.29, 1.82) is 0 Å². The van der Waals surface area contributed by atoms with E-state index in [0.717, 1.165) is 17.3 Å². The van der Waals surface area contributed by atoms with Gasteiger partial charge in [0.05, 0.1) is 0 Å². The third-order valence-corrected chi connectivity index (χ3v) is 4.96. The molecule has 0 bridgehead atoms. The van der Waals surface area contributed by atoms with Crippen molar-refractivity contribution >= 4 is 27.3 Å². The molecule has 108 valence electrons. The molecule has 1 aromatic heterocycles. The zero-order chi connectivity index (χ0) is 14.5. The Morgan fingerprint density at radius 1 is 1.25 bits per heavy atom. The predicted octanol–water partition coefficient (Wildman–Crippen LogP) is 5.49. The molecule has 2 rings (SSSR count). The lowest BCUT2D eigenvalue weighted by Gasteiger charge is -2.22. The van der Waals surface area contributed by atoms with E-state index in [9.17, 15) is 0 Å². The molecule has 0 amide bonds. The van der Waals surface area contributed by atoms with Crippen molar-refractivity contribution in [3.05, 3.63) is 56.2 Å². The van der Waals surface area contributed by atoms with Gasteiger partial charge in [0, 0.05) is 26.3 Å². The highest BCUT2D eigenvalue weighted by Crippen LogP contribution is 2.22. The van der Waals surface area contributed by atoms with Gasteiger partial charge in [-0.05, 0) is 56.5 Å². The quantitative estimate of drug-likeness (QED) is 0.725. The van der Waals surface area contributed by atoms with Gasteiger partial charge in [0.2, 0.25) is 0 Å². The van der Waals surface area contributed by atoms with Gasteiger partial charge in [-0.2, -0.15) is 0 Å². The number of benzene rings is 1. The maximum atomic E-state index is 3.75. The summed E-state index contributed by atoms with van der Waals surface area (Å²) in [7, 11) is 0. The zero-order valence-corrected chi connectivity index (χ0v) is 14.7. The highest BCUT2D eigenvalue weighted by molar-refractivity contribution is 9.10. The van der Waals surface area contributed by atoms with Crippen molar-refractivity contribution in [2.75, 3.05) is 0 Å². The maximum Gasteiger partial charge on any atom is 0.0320 e. The average molecular weight is 352 g/mol. The third kappa shape index (κ3) is 4.44. The Morgan fingerprint density at radius 3 is 2.65 bits per heavy atom. The van der Waals surface area contributed by atoms with Crippen LogP contribution in [0.1, 0.15) is 41.6 Å². The second-order valence-corrected chi connectivity index (χ2v) is 7.59. The standard InChI is InChI=1S/C17H22BrNS/c1-4-17(14-6-5-7-15(18)11-14)19-12(2)10-16-9-8-13(3)20-16/h5-9,11-12,17,19H,4,10H2,1-3H3. The third-order valence-electron chi connectivity index (χ3n) is 3.45. The van der Waals surface area contributed by atoms with Crippen LogP contribution < -0.4 is 5.32 Å². The van der Waals surface area contributed by atoms with E-state index in [0.29, 0.717) is 12.1 Å². The van der Waals surface area contributed by atoms with Crippen LogP contribution in [0.15, 0.2) is 40.9 Å². The number of hydrogen-bond donors (Lipinski definition) is 1. The summed E-state index contributed by atoms with van der Waals surface area (Å²) in [5, 5.41) is 3.75. The molecule has 0 fully saturated rings. The number of hydrogen-bond acceptors (Lipinski definition) is 2. The number of nitrogens with one attached hydrogen (secondary N) is 1. The largest absolute Gasteiger partial charge is 0.307 e. The Bertz CT molecular complexity index is 549. The van der Waals surface area contributed by atoms with Gasteiger partial charge in [-0.1, -0.05) is 35.0 Å². The van der Waals surface area contributed by atoms with E-state index in [-0.39, 0.29) is 0 Å². The molecule has 2 unspecified atom stereocenters. The van der Waals surface area contributed by atoms with Gasteiger partial charge in [0.15, 0.2) is 0 Å². The highest BCUT2D eigenvalue weighted by atomic mass is 79.9. The molecule has 0 saturated heterocycles. The van der Waals surface area contributed by atoms with Gasteiger partial charge in [-0.3, -0.25) is 0 Å². The fraction of sp³-hybridized carbons (Fsp3) is 0.412. The fourth-order valence-electron chi connectivity index (χ4n) is 2.47. The lowest BCUT2D eigenvalue weighted by Crippen LogP contribution is -2.31. The molecule has 1 nitrogen and oxygen atoms in total. The van der Waals surface area contributed by atoms with Gasteiger partial charge < -0.3 is 5.32 Å². The van der Waals surface area contributed by atoms with Crippen LogP contribution in [-0.4, -0.2) is 6.04 Å². The number of aryl methyl sites for hydroxylation is 1. The molecule has 1 aromatic carbocycles. The smallest absolute Gasteiger partial charge is 0.0320 e. The molecule has 0 saturated carbocycles. The van der Waals surface area contributed by atoms with Gasteiger partial charge in [-0.15, -0.1) is 11.3 Å². The summed E-state index contributed by atoms with van der Waals surface area (Å²) >= 11 is 5.46.